The number of nitrogens with zero attached hydrogens (tertiary/aromatic N) is 2. The van der Waals surface area contributed by atoms with Gasteiger partial charge < -0.3 is 5.32 Å². The zero-order valence-electron chi connectivity index (χ0n) is 19.3. The number of carbonyl (C=O) groups is 1. The van der Waals surface area contributed by atoms with Crippen LogP contribution in [0.5, 0.6) is 0 Å². The number of nitrogens with one attached hydrogen (secondary N) is 1. The number of aryl methyl sites for hydroxylation is 2. The van der Waals surface area contributed by atoms with Crippen molar-refractivity contribution in [2.75, 3.05) is 18.4 Å². The predicted molar refractivity (Wildman–Crippen MR) is 136 cm³/mol. The fourth-order valence-electron chi connectivity index (χ4n) is 4.65. The summed E-state index contributed by atoms with van der Waals surface area (Å²) < 4.78 is 0. The van der Waals surface area contributed by atoms with E-state index in [-0.39, 0.29) is 5.91 Å². The van der Waals surface area contributed by atoms with Crippen molar-refractivity contribution in [1.82, 2.24) is 9.88 Å². The van der Waals surface area contributed by atoms with E-state index in [1.54, 1.807) is 0 Å². The lowest BCUT2D eigenvalue weighted by Gasteiger charge is -2.15. The number of amides is 1. The number of hydrogen-bond acceptors (Lipinski definition) is 3. The highest BCUT2D eigenvalue weighted by Crippen LogP contribution is 2.26. The summed E-state index contributed by atoms with van der Waals surface area (Å²) in [5, 5.41) is 4.19. The number of anilines is 1. The quantitative estimate of drug-likeness (QED) is 0.396. The third-order valence-corrected chi connectivity index (χ3v) is 6.51. The highest BCUT2D eigenvalue weighted by molar-refractivity contribution is 6.06. The first kappa shape index (κ1) is 21.4. The maximum atomic E-state index is 12.9. The molecular weight excluding hydrogens is 406 g/mol. The van der Waals surface area contributed by atoms with Gasteiger partial charge >= 0.3 is 0 Å². The standard InChI is InChI=1S/C29H29N3O/c1-20-6-5-7-25(16-20)23-8-10-24(11-9-23)29(33)31-27-13-12-26-17-22(18-30-28(26)21(27)2)19-32-14-3-4-15-32/h5-13,16-18H,3-4,14-15,19H2,1-2H3,(H,31,33). The molecule has 1 aliphatic heterocycles. The Morgan fingerprint density at radius 1 is 0.939 bits per heavy atom. The summed E-state index contributed by atoms with van der Waals surface area (Å²) in [7, 11) is 0. The zero-order valence-corrected chi connectivity index (χ0v) is 19.3. The Bertz CT molecular complexity index is 1300. The van der Waals surface area contributed by atoms with Gasteiger partial charge in [-0.1, -0.05) is 48.0 Å². The van der Waals surface area contributed by atoms with Crippen LogP contribution in [0.15, 0.2) is 72.9 Å². The van der Waals surface area contributed by atoms with E-state index in [0.717, 1.165) is 39.8 Å². The maximum Gasteiger partial charge on any atom is 0.255 e. The maximum absolute atomic E-state index is 12.9. The van der Waals surface area contributed by atoms with Crippen LogP contribution in [0.1, 0.15) is 39.9 Å². The molecule has 4 heteroatoms. The number of fused-ring (bicyclic) bond motifs is 1. The van der Waals surface area contributed by atoms with Crippen LogP contribution in [0.4, 0.5) is 5.69 Å². The van der Waals surface area contributed by atoms with Crippen molar-refractivity contribution in [3.05, 3.63) is 95.2 Å². The largest absolute Gasteiger partial charge is 0.322 e. The minimum Gasteiger partial charge on any atom is -0.322 e. The summed E-state index contributed by atoms with van der Waals surface area (Å²) in [6, 6.07) is 22.4. The number of benzene rings is 3. The molecule has 1 aliphatic rings. The minimum absolute atomic E-state index is 0.112. The molecule has 1 amide bonds. The van der Waals surface area contributed by atoms with E-state index in [1.807, 2.05) is 43.5 Å². The van der Waals surface area contributed by atoms with E-state index in [4.69, 9.17) is 4.98 Å². The van der Waals surface area contributed by atoms with Crippen molar-refractivity contribution in [1.29, 1.82) is 0 Å². The molecule has 0 radical (unpaired) electrons. The Kier molecular flexibility index (Phi) is 5.93. The molecule has 1 saturated heterocycles. The van der Waals surface area contributed by atoms with E-state index < -0.39 is 0 Å². The molecule has 3 aromatic carbocycles. The second kappa shape index (κ2) is 9.16. The van der Waals surface area contributed by atoms with Crippen molar-refractivity contribution < 1.29 is 4.79 Å². The molecule has 4 nitrogen and oxygen atoms in total. The van der Waals surface area contributed by atoms with Gasteiger partial charge in [0.2, 0.25) is 0 Å². The van der Waals surface area contributed by atoms with Gasteiger partial charge in [-0.3, -0.25) is 14.7 Å². The molecule has 1 aromatic heterocycles. The summed E-state index contributed by atoms with van der Waals surface area (Å²) >= 11 is 0. The van der Waals surface area contributed by atoms with Crippen LogP contribution in [0.25, 0.3) is 22.0 Å². The number of pyridine rings is 1. The van der Waals surface area contributed by atoms with Gasteiger partial charge in [0.1, 0.15) is 0 Å². The first-order chi connectivity index (χ1) is 16.1. The summed E-state index contributed by atoms with van der Waals surface area (Å²) in [6.07, 6.45) is 4.55. The molecule has 2 heterocycles. The molecular formula is C29H29N3O. The third-order valence-electron chi connectivity index (χ3n) is 6.51. The average Bonchev–Trinajstić information content (AvgIpc) is 3.34. The van der Waals surface area contributed by atoms with Gasteiger partial charge in [0, 0.05) is 29.4 Å². The molecule has 0 saturated carbocycles. The number of likely N-dealkylation sites (tertiary alicyclic amines) is 1. The fraction of sp³-hybridized carbons (Fsp3) is 0.241. The molecule has 166 valence electrons. The molecule has 0 atom stereocenters. The van der Waals surface area contributed by atoms with Gasteiger partial charge in [-0.05, 0) is 86.3 Å². The Morgan fingerprint density at radius 3 is 2.48 bits per heavy atom. The van der Waals surface area contributed by atoms with Gasteiger partial charge in [0.25, 0.3) is 5.91 Å². The van der Waals surface area contributed by atoms with Crippen LogP contribution in [-0.2, 0) is 6.54 Å². The van der Waals surface area contributed by atoms with Gasteiger partial charge in [-0.15, -0.1) is 0 Å². The molecule has 0 spiro atoms. The lowest BCUT2D eigenvalue weighted by atomic mass is 10.0. The van der Waals surface area contributed by atoms with Crippen LogP contribution < -0.4 is 5.32 Å². The lowest BCUT2D eigenvalue weighted by molar-refractivity contribution is 0.102. The van der Waals surface area contributed by atoms with Crippen molar-refractivity contribution >= 4 is 22.5 Å². The second-order valence-corrected chi connectivity index (χ2v) is 9.04. The minimum atomic E-state index is -0.112. The average molecular weight is 436 g/mol. The van der Waals surface area contributed by atoms with E-state index in [1.165, 1.54) is 37.1 Å². The molecule has 33 heavy (non-hydrogen) atoms. The first-order valence-electron chi connectivity index (χ1n) is 11.7. The van der Waals surface area contributed by atoms with Crippen molar-refractivity contribution in [3.63, 3.8) is 0 Å². The Balaban J connectivity index is 1.32. The molecule has 1 fully saturated rings. The van der Waals surface area contributed by atoms with Crippen LogP contribution in [0.3, 0.4) is 0 Å². The van der Waals surface area contributed by atoms with E-state index >= 15 is 0 Å². The SMILES string of the molecule is Cc1cccc(-c2ccc(C(=O)Nc3ccc4cc(CN5CCCC5)cnc4c3C)cc2)c1. The smallest absolute Gasteiger partial charge is 0.255 e. The Labute approximate surface area is 195 Å². The van der Waals surface area contributed by atoms with Gasteiger partial charge in [-0.2, -0.15) is 0 Å². The predicted octanol–water partition coefficient (Wildman–Crippen LogP) is 6.37. The van der Waals surface area contributed by atoms with Crippen molar-refractivity contribution in [3.8, 4) is 11.1 Å². The third kappa shape index (κ3) is 4.67. The number of hydrogen-bond donors (Lipinski definition) is 1. The van der Waals surface area contributed by atoms with Crippen molar-refractivity contribution in [2.24, 2.45) is 0 Å². The number of rotatable bonds is 5. The van der Waals surface area contributed by atoms with E-state index in [2.05, 4.69) is 53.5 Å². The second-order valence-electron chi connectivity index (χ2n) is 9.04. The zero-order chi connectivity index (χ0) is 22.8. The highest BCUT2D eigenvalue weighted by atomic mass is 16.1. The van der Waals surface area contributed by atoms with Crippen LogP contribution >= 0.6 is 0 Å². The van der Waals surface area contributed by atoms with Gasteiger partial charge in [0.15, 0.2) is 0 Å². The molecule has 0 unspecified atom stereocenters. The van der Waals surface area contributed by atoms with Crippen LogP contribution in [0, 0.1) is 13.8 Å². The number of carbonyl (C=O) groups excluding carboxylic acids is 1. The molecule has 1 N–H and O–H groups in total. The Hall–Kier alpha value is -3.50. The topological polar surface area (TPSA) is 45.2 Å². The van der Waals surface area contributed by atoms with Crippen molar-refractivity contribution in [2.45, 2.75) is 33.2 Å². The molecule has 0 bridgehead atoms. The fourth-order valence-corrected chi connectivity index (χ4v) is 4.65. The van der Waals surface area contributed by atoms with Crippen LogP contribution in [-0.4, -0.2) is 28.9 Å². The molecule has 5 rings (SSSR count). The summed E-state index contributed by atoms with van der Waals surface area (Å²) in [5.74, 6) is -0.112. The van der Waals surface area contributed by atoms with E-state index in [9.17, 15) is 4.79 Å². The van der Waals surface area contributed by atoms with Gasteiger partial charge in [-0.25, -0.2) is 0 Å². The number of aromatic nitrogens is 1. The van der Waals surface area contributed by atoms with Crippen LogP contribution in [0.2, 0.25) is 0 Å². The highest BCUT2D eigenvalue weighted by Gasteiger charge is 2.14. The van der Waals surface area contributed by atoms with E-state index in [0.29, 0.717) is 5.56 Å². The summed E-state index contributed by atoms with van der Waals surface area (Å²) in [5.41, 5.74) is 8.09. The van der Waals surface area contributed by atoms with Gasteiger partial charge in [0.05, 0.1) is 5.52 Å². The first-order valence-corrected chi connectivity index (χ1v) is 11.7. The Morgan fingerprint density at radius 2 is 1.73 bits per heavy atom. The lowest BCUT2D eigenvalue weighted by Crippen LogP contribution is -2.18. The monoisotopic (exact) mass is 435 g/mol. The normalized spacial score (nSPS) is 14.0. The molecule has 0 aliphatic carbocycles. The molecule has 4 aromatic rings. The summed E-state index contributed by atoms with van der Waals surface area (Å²) in [6.45, 7) is 7.41. The summed E-state index contributed by atoms with van der Waals surface area (Å²) in [4.78, 5) is 20.1.